The largest absolute Gasteiger partial charge is 0.490 e. The summed E-state index contributed by atoms with van der Waals surface area (Å²) in [5.41, 5.74) is 8.46. The number of aldehydes is 1. The van der Waals surface area contributed by atoms with Gasteiger partial charge in [0.05, 0.1) is 17.5 Å². The third-order valence-electron chi connectivity index (χ3n) is 4.26. The van der Waals surface area contributed by atoms with E-state index in [1.807, 2.05) is 24.3 Å². The van der Waals surface area contributed by atoms with Gasteiger partial charge in [-0.3, -0.25) is 0 Å². The molecule has 126 valence electrons. The van der Waals surface area contributed by atoms with Crippen LogP contribution in [-0.4, -0.2) is 24.4 Å². The number of hydrogen-bond acceptors (Lipinski definition) is 5. The number of hydrazine groups is 1. The van der Waals surface area contributed by atoms with Crippen molar-refractivity contribution in [3.05, 3.63) is 35.5 Å². The second-order valence-electron chi connectivity index (χ2n) is 6.08. The van der Waals surface area contributed by atoms with Gasteiger partial charge in [0.1, 0.15) is 12.0 Å². The number of rotatable bonds is 7. The molecule has 1 aliphatic rings. The highest BCUT2D eigenvalue weighted by Crippen LogP contribution is 2.25. The van der Waals surface area contributed by atoms with Gasteiger partial charge in [-0.1, -0.05) is 6.42 Å². The van der Waals surface area contributed by atoms with E-state index in [9.17, 15) is 4.79 Å². The molecule has 2 rings (SSSR count). The first-order valence-corrected chi connectivity index (χ1v) is 8.29. The minimum Gasteiger partial charge on any atom is -0.490 e. The molecule has 0 aliphatic heterocycles. The number of allylic oxidation sites excluding steroid dienone is 1. The zero-order valence-corrected chi connectivity index (χ0v) is 13.8. The summed E-state index contributed by atoms with van der Waals surface area (Å²) in [5.74, 6) is 6.70. The molecule has 4 N–H and O–H groups in total. The fourth-order valence-electron chi connectivity index (χ4n) is 2.95. The summed E-state index contributed by atoms with van der Waals surface area (Å²) >= 11 is 0. The van der Waals surface area contributed by atoms with Gasteiger partial charge in [0, 0.05) is 13.5 Å². The van der Waals surface area contributed by atoms with E-state index in [4.69, 9.17) is 16.3 Å². The van der Waals surface area contributed by atoms with Crippen LogP contribution in [-0.2, 0) is 4.79 Å². The van der Waals surface area contributed by atoms with E-state index < -0.39 is 0 Å². The fourth-order valence-corrected chi connectivity index (χ4v) is 2.95. The Labute approximate surface area is 138 Å². The van der Waals surface area contributed by atoms with Gasteiger partial charge in [-0.05, 0) is 61.9 Å². The molecule has 23 heavy (non-hydrogen) atoms. The smallest absolute Gasteiger partial charge is 0.120 e. The molecular weight excluding hydrogens is 290 g/mol. The summed E-state index contributed by atoms with van der Waals surface area (Å²) in [6.45, 7) is 0. The maximum atomic E-state index is 10.6. The summed E-state index contributed by atoms with van der Waals surface area (Å²) in [4.78, 5) is 10.6. The van der Waals surface area contributed by atoms with Crippen LogP contribution in [0.3, 0.4) is 0 Å². The Hall–Kier alpha value is -2.01. The quantitative estimate of drug-likeness (QED) is 0.459. The predicted octanol–water partition coefficient (Wildman–Crippen LogP) is 2.81. The lowest BCUT2D eigenvalue weighted by molar-refractivity contribution is -0.107. The highest BCUT2D eigenvalue weighted by molar-refractivity contribution is 5.66. The Morgan fingerprint density at radius 1 is 1.26 bits per heavy atom. The molecule has 1 saturated carbocycles. The highest BCUT2D eigenvalue weighted by atomic mass is 16.5. The van der Waals surface area contributed by atoms with Crippen LogP contribution in [0.4, 0.5) is 0 Å². The maximum Gasteiger partial charge on any atom is 0.120 e. The second kappa shape index (κ2) is 8.58. The summed E-state index contributed by atoms with van der Waals surface area (Å²) in [5, 5.41) is 1.48. The van der Waals surface area contributed by atoms with Crippen LogP contribution in [0.1, 0.15) is 50.5 Å². The first kappa shape index (κ1) is 17.3. The van der Waals surface area contributed by atoms with Crippen LogP contribution in [0.2, 0.25) is 0 Å². The number of carbonyl (C=O) groups is 1. The SMILES string of the molecule is CN(N)/C(CCC=O)=C(\N)c1ccc(OC2CCCCC2)cc1. The van der Waals surface area contributed by atoms with Gasteiger partial charge >= 0.3 is 0 Å². The van der Waals surface area contributed by atoms with E-state index in [0.717, 1.165) is 36.1 Å². The lowest BCUT2D eigenvalue weighted by Crippen LogP contribution is -2.27. The molecule has 0 radical (unpaired) electrons. The molecule has 0 unspecified atom stereocenters. The number of benzene rings is 1. The molecular formula is C18H27N3O2. The summed E-state index contributed by atoms with van der Waals surface area (Å²) in [6.07, 6.45) is 8.23. The van der Waals surface area contributed by atoms with Crippen molar-refractivity contribution in [1.29, 1.82) is 0 Å². The molecule has 5 nitrogen and oxygen atoms in total. The van der Waals surface area contributed by atoms with Gasteiger partial charge in [0.2, 0.25) is 0 Å². The minimum absolute atomic E-state index is 0.334. The zero-order valence-electron chi connectivity index (χ0n) is 13.8. The first-order valence-electron chi connectivity index (χ1n) is 8.29. The molecule has 0 saturated heterocycles. The maximum absolute atomic E-state index is 10.6. The lowest BCUT2D eigenvalue weighted by Gasteiger charge is -2.23. The highest BCUT2D eigenvalue weighted by Gasteiger charge is 2.15. The Balaban J connectivity index is 2.08. The third-order valence-corrected chi connectivity index (χ3v) is 4.26. The Morgan fingerprint density at radius 2 is 1.91 bits per heavy atom. The summed E-state index contributed by atoms with van der Waals surface area (Å²) in [7, 11) is 1.73. The molecule has 1 aliphatic carbocycles. The van der Waals surface area contributed by atoms with Crippen LogP contribution >= 0.6 is 0 Å². The fraction of sp³-hybridized carbons (Fsp3) is 0.500. The Morgan fingerprint density at radius 3 is 2.48 bits per heavy atom. The van der Waals surface area contributed by atoms with Crippen molar-refractivity contribution in [1.82, 2.24) is 5.01 Å². The third kappa shape index (κ3) is 4.99. The topological polar surface area (TPSA) is 81.6 Å². The van der Waals surface area contributed by atoms with Gasteiger partial charge in [0.15, 0.2) is 0 Å². The van der Waals surface area contributed by atoms with Gasteiger partial charge in [-0.25, -0.2) is 5.84 Å². The van der Waals surface area contributed by atoms with Crippen molar-refractivity contribution in [3.8, 4) is 5.75 Å². The van der Waals surface area contributed by atoms with E-state index in [2.05, 4.69) is 0 Å². The van der Waals surface area contributed by atoms with Crippen LogP contribution in [0, 0.1) is 0 Å². The van der Waals surface area contributed by atoms with Gasteiger partial charge < -0.3 is 20.3 Å². The van der Waals surface area contributed by atoms with E-state index in [0.29, 0.717) is 24.6 Å². The number of hydrogen-bond donors (Lipinski definition) is 2. The molecule has 1 aromatic rings. The van der Waals surface area contributed by atoms with Crippen molar-refractivity contribution in [2.45, 2.75) is 51.0 Å². The first-order chi connectivity index (χ1) is 11.1. The van der Waals surface area contributed by atoms with Crippen molar-refractivity contribution in [3.63, 3.8) is 0 Å². The van der Waals surface area contributed by atoms with Crippen LogP contribution < -0.4 is 16.3 Å². The predicted molar refractivity (Wildman–Crippen MR) is 92.3 cm³/mol. The van der Waals surface area contributed by atoms with Gasteiger partial charge in [-0.2, -0.15) is 0 Å². The van der Waals surface area contributed by atoms with Crippen molar-refractivity contribution in [2.75, 3.05) is 7.05 Å². The van der Waals surface area contributed by atoms with Crippen LogP contribution in [0.5, 0.6) is 5.75 Å². The van der Waals surface area contributed by atoms with Gasteiger partial charge in [-0.15, -0.1) is 0 Å². The van der Waals surface area contributed by atoms with Crippen LogP contribution in [0.25, 0.3) is 5.70 Å². The molecule has 0 heterocycles. The number of nitrogens with zero attached hydrogens (tertiary/aromatic N) is 1. The lowest BCUT2D eigenvalue weighted by atomic mass is 9.98. The van der Waals surface area contributed by atoms with E-state index in [-0.39, 0.29) is 0 Å². The number of ether oxygens (including phenoxy) is 1. The molecule has 0 amide bonds. The normalized spacial score (nSPS) is 16.6. The van der Waals surface area contributed by atoms with E-state index in [1.54, 1.807) is 7.05 Å². The molecule has 1 fully saturated rings. The van der Waals surface area contributed by atoms with Crippen molar-refractivity contribution in [2.24, 2.45) is 11.6 Å². The molecule has 0 bridgehead atoms. The molecule has 0 atom stereocenters. The summed E-state index contributed by atoms with van der Waals surface area (Å²) < 4.78 is 6.02. The van der Waals surface area contributed by atoms with Crippen molar-refractivity contribution >= 4 is 12.0 Å². The standard InChI is InChI=1S/C18H27N3O2/c1-21(20)17(8-5-13-22)18(19)14-9-11-16(12-10-14)23-15-6-3-2-4-7-15/h9-13,15H,2-8,19-20H2,1H3/b18-17-. The Kier molecular flexibility index (Phi) is 6.47. The van der Waals surface area contributed by atoms with E-state index >= 15 is 0 Å². The summed E-state index contributed by atoms with van der Waals surface area (Å²) in [6, 6.07) is 7.78. The van der Waals surface area contributed by atoms with Crippen LogP contribution in [0.15, 0.2) is 30.0 Å². The Bertz CT molecular complexity index is 532. The second-order valence-corrected chi connectivity index (χ2v) is 6.08. The number of carbonyl (C=O) groups excluding carboxylic acids is 1. The molecule has 1 aromatic carbocycles. The van der Waals surface area contributed by atoms with Gasteiger partial charge in [0.25, 0.3) is 0 Å². The monoisotopic (exact) mass is 317 g/mol. The molecule has 0 spiro atoms. The average molecular weight is 317 g/mol. The van der Waals surface area contributed by atoms with E-state index in [1.165, 1.54) is 24.3 Å². The van der Waals surface area contributed by atoms with Crippen molar-refractivity contribution < 1.29 is 9.53 Å². The molecule has 5 heteroatoms. The average Bonchev–Trinajstić information content (AvgIpc) is 2.56. The molecule has 0 aromatic heterocycles. The zero-order chi connectivity index (χ0) is 16.7. The minimum atomic E-state index is 0.334. The number of nitrogens with two attached hydrogens (primary N) is 2.